The zero-order valence-corrected chi connectivity index (χ0v) is 31.1. The first-order valence-corrected chi connectivity index (χ1v) is 18.4. The Balaban J connectivity index is 1.18. The van der Waals surface area contributed by atoms with Crippen molar-refractivity contribution in [2.75, 3.05) is 56.9 Å². The number of rotatable bonds is 12. The van der Waals surface area contributed by atoms with E-state index >= 15 is 4.39 Å². The second-order valence-electron chi connectivity index (χ2n) is 14.0. The molecule has 0 saturated carbocycles. The van der Waals surface area contributed by atoms with Gasteiger partial charge in [-0.05, 0) is 61.7 Å². The molecule has 12 nitrogen and oxygen atoms in total. The molecule has 0 amide bonds. The Morgan fingerprint density at radius 3 is 2.33 bits per heavy atom. The fourth-order valence-corrected chi connectivity index (χ4v) is 8.13. The van der Waals surface area contributed by atoms with Crippen LogP contribution in [0.4, 0.5) is 20.4 Å². The van der Waals surface area contributed by atoms with Crippen LogP contribution in [-0.4, -0.2) is 88.6 Å². The Morgan fingerprint density at radius 2 is 1.65 bits per heavy atom. The van der Waals surface area contributed by atoms with E-state index in [1.165, 1.54) is 0 Å². The quantitative estimate of drug-likeness (QED) is 0.126. The minimum Gasteiger partial charge on any atom is -0.497 e. The maximum atomic E-state index is 15.9. The highest BCUT2D eigenvalue weighted by Gasteiger charge is 2.49. The molecule has 3 aromatic heterocycles. The third-order valence-corrected chi connectivity index (χ3v) is 10.9. The number of halogens is 3. The van der Waals surface area contributed by atoms with Gasteiger partial charge in [-0.1, -0.05) is 35.9 Å². The van der Waals surface area contributed by atoms with Crippen LogP contribution in [0, 0.1) is 5.82 Å². The maximum absolute atomic E-state index is 15.9. The van der Waals surface area contributed by atoms with Gasteiger partial charge in [0, 0.05) is 38.4 Å². The summed E-state index contributed by atoms with van der Waals surface area (Å²) in [5.74, 6) is 1.87. The minimum absolute atomic E-state index is 0.0349. The number of anilines is 2. The Morgan fingerprint density at radius 1 is 0.963 bits per heavy atom. The SMILES string of the molecule is COc1ccc(CN(Cc2ccc(OC)cc2)c2nccnc2[C@@H](C)N2CCOc3nc(Cl)c(F)c4nc(OC[C@@]56CCCN5C[C@H](F)C6)nc2c34)cc1. The van der Waals surface area contributed by atoms with Crippen LogP contribution in [0.25, 0.3) is 10.9 Å². The van der Waals surface area contributed by atoms with Crippen molar-refractivity contribution in [2.45, 2.75) is 57.0 Å². The van der Waals surface area contributed by atoms with Crippen molar-refractivity contribution in [2.24, 2.45) is 0 Å². The standard InChI is InChI=1S/C39H41ClF2N8O4/c1-24(32-36(44-15-14-43-32)48(20-25-5-9-28(51-2)10-6-25)21-26-7-11-29(52-3)12-8-26)50-17-18-53-37-30-33(31(42)34(40)46-37)45-38(47-35(30)50)54-23-39-13-4-16-49(39)22-27(41)19-39/h5-12,14-15,24,27H,4,13,16-23H2,1-3H3/t24-,27-,39+/m1/s1. The molecule has 8 rings (SSSR count). The van der Waals surface area contributed by atoms with Crippen molar-refractivity contribution in [3.8, 4) is 23.4 Å². The van der Waals surface area contributed by atoms with E-state index in [0.717, 1.165) is 42.0 Å². The van der Waals surface area contributed by atoms with Crippen molar-refractivity contribution >= 4 is 34.1 Å². The lowest BCUT2D eigenvalue weighted by atomic mass is 9.95. The van der Waals surface area contributed by atoms with Crippen LogP contribution in [0.1, 0.15) is 49.0 Å². The maximum Gasteiger partial charge on any atom is 0.319 e. The molecule has 3 aliphatic rings. The summed E-state index contributed by atoms with van der Waals surface area (Å²) in [6.07, 6.45) is 4.54. The third-order valence-electron chi connectivity index (χ3n) is 10.7. The molecule has 2 saturated heterocycles. The van der Waals surface area contributed by atoms with Gasteiger partial charge >= 0.3 is 6.01 Å². The molecular formula is C39H41ClF2N8O4. The molecule has 0 aliphatic carbocycles. The van der Waals surface area contributed by atoms with Gasteiger partial charge in [-0.15, -0.1) is 0 Å². The van der Waals surface area contributed by atoms with Crippen LogP contribution >= 0.6 is 11.6 Å². The zero-order valence-electron chi connectivity index (χ0n) is 30.3. The highest BCUT2D eigenvalue weighted by molar-refractivity contribution is 6.30. The van der Waals surface area contributed by atoms with Gasteiger partial charge in [-0.3, -0.25) is 9.88 Å². The first kappa shape index (κ1) is 35.9. The van der Waals surface area contributed by atoms with Crippen molar-refractivity contribution in [3.63, 3.8) is 0 Å². The minimum atomic E-state index is -0.926. The third kappa shape index (κ3) is 6.88. The Hall–Kier alpha value is -5.08. The second-order valence-corrected chi connectivity index (χ2v) is 14.3. The van der Waals surface area contributed by atoms with Crippen molar-refractivity contribution in [1.82, 2.24) is 29.8 Å². The van der Waals surface area contributed by atoms with Crippen molar-refractivity contribution in [1.29, 1.82) is 0 Å². The number of fused-ring (bicyclic) bond motifs is 1. The Kier molecular flexibility index (Phi) is 9.97. The van der Waals surface area contributed by atoms with Crippen LogP contribution in [0.5, 0.6) is 23.4 Å². The number of methoxy groups -OCH3 is 2. The first-order chi connectivity index (χ1) is 26.2. The van der Waals surface area contributed by atoms with Gasteiger partial charge in [-0.2, -0.15) is 15.0 Å². The summed E-state index contributed by atoms with van der Waals surface area (Å²) in [5, 5.41) is -0.0900. The number of hydrogen-bond donors (Lipinski definition) is 0. The van der Waals surface area contributed by atoms with E-state index in [-0.39, 0.29) is 41.2 Å². The van der Waals surface area contributed by atoms with Crippen molar-refractivity contribution < 1.29 is 27.7 Å². The molecule has 0 unspecified atom stereocenters. The van der Waals surface area contributed by atoms with Crippen LogP contribution in [-0.2, 0) is 13.1 Å². The highest BCUT2D eigenvalue weighted by atomic mass is 35.5. The lowest BCUT2D eigenvalue weighted by molar-refractivity contribution is 0.107. The van der Waals surface area contributed by atoms with Crippen LogP contribution in [0.15, 0.2) is 60.9 Å². The molecule has 282 valence electrons. The molecule has 54 heavy (non-hydrogen) atoms. The Bertz CT molecular complexity index is 2080. The molecule has 5 aromatic rings. The second kappa shape index (κ2) is 15.0. The van der Waals surface area contributed by atoms with Crippen molar-refractivity contribution in [3.05, 3.63) is 88.7 Å². The number of hydrogen-bond acceptors (Lipinski definition) is 12. The van der Waals surface area contributed by atoms with Gasteiger partial charge in [0.15, 0.2) is 16.8 Å². The average Bonchev–Trinajstić information content (AvgIpc) is 3.66. The lowest BCUT2D eigenvalue weighted by Gasteiger charge is -2.33. The first-order valence-electron chi connectivity index (χ1n) is 18.0. The van der Waals surface area contributed by atoms with Gasteiger partial charge in [0.25, 0.3) is 0 Å². The van der Waals surface area contributed by atoms with Crippen LogP contribution in [0.2, 0.25) is 5.15 Å². The summed E-state index contributed by atoms with van der Waals surface area (Å²) >= 11 is 6.27. The molecule has 3 aliphatic heterocycles. The number of benzene rings is 2. The number of aromatic nitrogens is 5. The molecule has 15 heteroatoms. The number of pyridine rings is 1. The summed E-state index contributed by atoms with van der Waals surface area (Å²) in [7, 11) is 3.28. The molecule has 0 spiro atoms. The molecular weight excluding hydrogens is 718 g/mol. The topological polar surface area (TPSA) is 111 Å². The summed E-state index contributed by atoms with van der Waals surface area (Å²) < 4.78 is 53.6. The predicted molar refractivity (Wildman–Crippen MR) is 200 cm³/mol. The van der Waals surface area contributed by atoms with E-state index in [0.29, 0.717) is 49.9 Å². The van der Waals surface area contributed by atoms with E-state index in [2.05, 4.69) is 19.8 Å². The predicted octanol–water partition coefficient (Wildman–Crippen LogP) is 6.75. The molecule has 0 bridgehead atoms. The smallest absolute Gasteiger partial charge is 0.319 e. The van der Waals surface area contributed by atoms with Gasteiger partial charge in [0.05, 0.1) is 32.3 Å². The molecule has 0 N–H and O–H groups in total. The summed E-state index contributed by atoms with van der Waals surface area (Å²) in [5.41, 5.74) is 2.24. The van der Waals surface area contributed by atoms with E-state index in [1.54, 1.807) is 26.6 Å². The largest absolute Gasteiger partial charge is 0.497 e. The zero-order chi connectivity index (χ0) is 37.4. The van der Waals surface area contributed by atoms with E-state index in [4.69, 9.17) is 45.5 Å². The molecule has 6 heterocycles. The normalized spacial score (nSPS) is 20.0. The van der Waals surface area contributed by atoms with E-state index in [1.807, 2.05) is 60.4 Å². The monoisotopic (exact) mass is 758 g/mol. The summed E-state index contributed by atoms with van der Waals surface area (Å²) in [6, 6.07) is 15.3. The average molecular weight is 759 g/mol. The molecule has 0 radical (unpaired) electrons. The van der Waals surface area contributed by atoms with E-state index in [9.17, 15) is 4.39 Å². The number of nitrogens with zero attached hydrogens (tertiary/aromatic N) is 8. The van der Waals surface area contributed by atoms with Gasteiger partial charge in [0.2, 0.25) is 5.88 Å². The van der Waals surface area contributed by atoms with Crippen LogP contribution < -0.4 is 28.7 Å². The highest BCUT2D eigenvalue weighted by Crippen LogP contribution is 2.43. The van der Waals surface area contributed by atoms with Gasteiger partial charge < -0.3 is 28.7 Å². The fraction of sp³-hybridized carbons (Fsp3) is 0.410. The van der Waals surface area contributed by atoms with Gasteiger partial charge in [0.1, 0.15) is 53.3 Å². The fourth-order valence-electron chi connectivity index (χ4n) is 7.96. The number of ether oxygens (including phenoxy) is 4. The summed E-state index contributed by atoms with van der Waals surface area (Å²) in [6.45, 7) is 4.95. The van der Waals surface area contributed by atoms with Crippen LogP contribution in [0.3, 0.4) is 0 Å². The molecule has 2 fully saturated rings. The van der Waals surface area contributed by atoms with Gasteiger partial charge in [-0.25, -0.2) is 13.8 Å². The molecule has 2 aromatic carbocycles. The summed E-state index contributed by atoms with van der Waals surface area (Å²) in [4.78, 5) is 29.7. The lowest BCUT2D eigenvalue weighted by Crippen LogP contribution is -2.43. The Labute approximate surface area is 317 Å². The van der Waals surface area contributed by atoms with E-state index < -0.39 is 23.6 Å². The number of alkyl halides is 1. The molecule has 3 atom stereocenters.